The molecule has 0 bridgehead atoms. The van der Waals surface area contributed by atoms with E-state index in [2.05, 4.69) is 4.84 Å². The number of hydrogen-bond donors (Lipinski definition) is 1. The highest BCUT2D eigenvalue weighted by Crippen LogP contribution is 2.19. The first-order chi connectivity index (χ1) is 6.20. The first kappa shape index (κ1) is 10.2. The Labute approximate surface area is 76.8 Å². The zero-order chi connectivity index (χ0) is 9.68. The molecule has 1 rings (SSSR count). The van der Waals surface area contributed by atoms with Gasteiger partial charge in [-0.05, 0) is 12.8 Å². The van der Waals surface area contributed by atoms with Crippen molar-refractivity contribution >= 4 is 0 Å². The van der Waals surface area contributed by atoms with Crippen LogP contribution >= 0.6 is 0 Å². The van der Waals surface area contributed by atoms with E-state index in [0.717, 1.165) is 25.7 Å². The van der Waals surface area contributed by atoms with Gasteiger partial charge in [0.25, 0.3) is 5.09 Å². The molecule has 1 saturated carbocycles. The molecule has 1 aliphatic rings. The third-order valence-corrected chi connectivity index (χ3v) is 2.39. The van der Waals surface area contributed by atoms with Crippen molar-refractivity contribution in [1.82, 2.24) is 0 Å². The molecule has 0 heterocycles. The zero-order valence-corrected chi connectivity index (χ0v) is 7.52. The van der Waals surface area contributed by atoms with Gasteiger partial charge in [0.05, 0.1) is 6.10 Å². The topological polar surface area (TPSA) is 72.6 Å². The van der Waals surface area contributed by atoms with E-state index >= 15 is 0 Å². The van der Waals surface area contributed by atoms with E-state index < -0.39 is 17.3 Å². The summed E-state index contributed by atoms with van der Waals surface area (Å²) in [6.07, 6.45) is 3.91. The maximum Gasteiger partial charge on any atom is 0.294 e. The van der Waals surface area contributed by atoms with Crippen LogP contribution in [0, 0.1) is 10.1 Å². The summed E-state index contributed by atoms with van der Waals surface area (Å²) in [6, 6.07) is 0. The molecular formula is C8H15NO4. The Morgan fingerprint density at radius 1 is 1.23 bits per heavy atom. The third kappa shape index (κ3) is 3.59. The van der Waals surface area contributed by atoms with E-state index in [1.165, 1.54) is 0 Å². The van der Waals surface area contributed by atoms with Crippen molar-refractivity contribution in [3.63, 3.8) is 0 Å². The number of rotatable bonds is 2. The lowest BCUT2D eigenvalue weighted by Gasteiger charge is -2.22. The van der Waals surface area contributed by atoms with Crippen LogP contribution < -0.4 is 0 Å². The highest BCUT2D eigenvalue weighted by Gasteiger charge is 2.23. The molecule has 0 aliphatic heterocycles. The maximum absolute atomic E-state index is 10.1. The lowest BCUT2D eigenvalue weighted by molar-refractivity contribution is -0.771. The lowest BCUT2D eigenvalue weighted by Crippen LogP contribution is -2.31. The minimum absolute atomic E-state index is 0.585. The van der Waals surface area contributed by atoms with Crippen molar-refractivity contribution in [2.45, 2.75) is 50.7 Å². The molecule has 0 aromatic carbocycles. The third-order valence-electron chi connectivity index (χ3n) is 2.39. The van der Waals surface area contributed by atoms with Crippen LogP contribution in [-0.4, -0.2) is 22.4 Å². The van der Waals surface area contributed by atoms with Crippen LogP contribution in [0.5, 0.6) is 0 Å². The molecule has 76 valence electrons. The molecular weight excluding hydrogens is 174 g/mol. The summed E-state index contributed by atoms with van der Waals surface area (Å²) >= 11 is 0. The maximum atomic E-state index is 10.1. The fourth-order valence-electron chi connectivity index (χ4n) is 1.66. The van der Waals surface area contributed by atoms with E-state index in [1.807, 2.05) is 0 Å². The van der Waals surface area contributed by atoms with Gasteiger partial charge >= 0.3 is 0 Å². The van der Waals surface area contributed by atoms with Crippen LogP contribution in [0.1, 0.15) is 38.5 Å². The second kappa shape index (κ2) is 5.01. The fourth-order valence-corrected chi connectivity index (χ4v) is 1.66. The first-order valence-electron chi connectivity index (χ1n) is 4.69. The van der Waals surface area contributed by atoms with Crippen molar-refractivity contribution in [2.75, 3.05) is 0 Å². The Morgan fingerprint density at radius 3 is 2.46 bits per heavy atom. The molecule has 2 atom stereocenters. The van der Waals surface area contributed by atoms with Gasteiger partial charge in [-0.2, -0.15) is 0 Å². The average molecular weight is 189 g/mol. The average Bonchev–Trinajstić information content (AvgIpc) is 2.04. The summed E-state index contributed by atoms with van der Waals surface area (Å²) in [6.45, 7) is 0. The zero-order valence-electron chi connectivity index (χ0n) is 7.52. The highest BCUT2D eigenvalue weighted by molar-refractivity contribution is 4.70. The molecule has 1 N–H and O–H groups in total. The van der Waals surface area contributed by atoms with E-state index in [1.54, 1.807) is 0 Å². The Bertz CT molecular complexity index is 174. The Balaban J connectivity index is 2.41. The van der Waals surface area contributed by atoms with E-state index in [9.17, 15) is 15.2 Å². The second-order valence-electron chi connectivity index (χ2n) is 3.43. The minimum atomic E-state index is -0.810. The predicted octanol–water partition coefficient (Wildman–Crippen LogP) is 1.28. The molecule has 0 radical (unpaired) electrons. The molecule has 5 heteroatoms. The fraction of sp³-hybridized carbons (Fsp3) is 1.00. The summed E-state index contributed by atoms with van der Waals surface area (Å²) < 4.78 is 0. The van der Waals surface area contributed by atoms with Crippen LogP contribution in [0.15, 0.2) is 0 Å². The molecule has 0 aromatic rings. The van der Waals surface area contributed by atoms with Gasteiger partial charge in [-0.15, -0.1) is 10.1 Å². The normalized spacial score (nSPS) is 30.2. The van der Waals surface area contributed by atoms with Gasteiger partial charge in [0, 0.05) is 0 Å². The summed E-state index contributed by atoms with van der Waals surface area (Å²) in [5, 5.41) is 18.8. The number of nitrogens with zero attached hydrogens (tertiary/aromatic N) is 1. The molecule has 13 heavy (non-hydrogen) atoms. The highest BCUT2D eigenvalue weighted by atomic mass is 17.0. The molecule has 1 fully saturated rings. The van der Waals surface area contributed by atoms with Crippen LogP contribution in [0.2, 0.25) is 0 Å². The van der Waals surface area contributed by atoms with Crippen LogP contribution in [0.4, 0.5) is 0 Å². The second-order valence-corrected chi connectivity index (χ2v) is 3.43. The largest absolute Gasteiger partial charge is 0.391 e. The molecule has 0 saturated heterocycles. The Morgan fingerprint density at radius 2 is 1.85 bits per heavy atom. The van der Waals surface area contributed by atoms with E-state index in [0.29, 0.717) is 12.8 Å². The van der Waals surface area contributed by atoms with Gasteiger partial charge in [0.15, 0.2) is 0 Å². The number of aliphatic hydroxyl groups excluding tert-OH is 1. The number of aliphatic hydroxyl groups is 1. The summed E-state index contributed by atoms with van der Waals surface area (Å²) in [5.41, 5.74) is 0. The van der Waals surface area contributed by atoms with Crippen LogP contribution in [-0.2, 0) is 4.84 Å². The standard InChI is InChI=1S/C8H15NO4/c10-7-5-3-1-2-4-6-8(7)13-9(11)12/h7-8,10H,1-6H2/t7-,8-/m0/s1. The summed E-state index contributed by atoms with van der Waals surface area (Å²) in [4.78, 5) is 14.5. The minimum Gasteiger partial charge on any atom is -0.391 e. The first-order valence-corrected chi connectivity index (χ1v) is 4.69. The van der Waals surface area contributed by atoms with Gasteiger partial charge < -0.3 is 9.94 Å². The van der Waals surface area contributed by atoms with Gasteiger partial charge in [-0.1, -0.05) is 25.7 Å². The number of hydrogen-bond acceptors (Lipinski definition) is 4. The SMILES string of the molecule is O=[N+]([O-])O[C@H]1CCCCCC[C@@H]1O. The van der Waals surface area contributed by atoms with Crippen molar-refractivity contribution < 1.29 is 15.0 Å². The van der Waals surface area contributed by atoms with Crippen LogP contribution in [0.25, 0.3) is 0 Å². The van der Waals surface area contributed by atoms with E-state index in [4.69, 9.17) is 0 Å². The predicted molar refractivity (Wildman–Crippen MR) is 45.6 cm³/mol. The Hall–Kier alpha value is -0.840. The van der Waals surface area contributed by atoms with Crippen molar-refractivity contribution in [3.05, 3.63) is 10.1 Å². The Kier molecular flexibility index (Phi) is 3.95. The van der Waals surface area contributed by atoms with Crippen molar-refractivity contribution in [3.8, 4) is 0 Å². The van der Waals surface area contributed by atoms with Gasteiger partial charge in [0.1, 0.15) is 6.10 Å². The van der Waals surface area contributed by atoms with E-state index in [-0.39, 0.29) is 0 Å². The summed E-state index contributed by atoms with van der Waals surface area (Å²) in [7, 11) is 0. The van der Waals surface area contributed by atoms with Crippen molar-refractivity contribution in [2.24, 2.45) is 0 Å². The summed E-state index contributed by atoms with van der Waals surface area (Å²) in [5.74, 6) is 0. The van der Waals surface area contributed by atoms with Gasteiger partial charge in [0.2, 0.25) is 0 Å². The molecule has 0 spiro atoms. The quantitative estimate of drug-likeness (QED) is 0.524. The monoisotopic (exact) mass is 189 g/mol. The lowest BCUT2D eigenvalue weighted by atomic mass is 9.96. The molecule has 5 nitrogen and oxygen atoms in total. The van der Waals surface area contributed by atoms with Gasteiger partial charge in [-0.25, -0.2) is 0 Å². The molecule has 1 aliphatic carbocycles. The smallest absolute Gasteiger partial charge is 0.294 e. The van der Waals surface area contributed by atoms with Crippen LogP contribution in [0.3, 0.4) is 0 Å². The molecule has 0 unspecified atom stereocenters. The van der Waals surface area contributed by atoms with Crippen molar-refractivity contribution in [1.29, 1.82) is 0 Å². The van der Waals surface area contributed by atoms with Gasteiger partial charge in [-0.3, -0.25) is 0 Å². The molecule has 0 aromatic heterocycles. The molecule has 0 amide bonds.